The molecular formula is C20H24N6O3. The van der Waals surface area contributed by atoms with Gasteiger partial charge < -0.3 is 0 Å². The number of hydrazine groups is 1. The normalized spacial score (nSPS) is 11.1. The van der Waals surface area contributed by atoms with Gasteiger partial charge in [0.2, 0.25) is 0 Å². The smallest absolute Gasteiger partial charge is 0.271 e. The van der Waals surface area contributed by atoms with E-state index in [1.54, 1.807) is 28.9 Å². The van der Waals surface area contributed by atoms with Crippen molar-refractivity contribution in [2.24, 2.45) is 5.92 Å². The van der Waals surface area contributed by atoms with Crippen LogP contribution in [0.3, 0.4) is 0 Å². The van der Waals surface area contributed by atoms with Crippen molar-refractivity contribution >= 4 is 22.6 Å². The van der Waals surface area contributed by atoms with Gasteiger partial charge in [0, 0.05) is 17.6 Å². The van der Waals surface area contributed by atoms with Crippen molar-refractivity contribution < 1.29 is 9.59 Å². The van der Waals surface area contributed by atoms with Crippen LogP contribution < -0.4 is 16.4 Å². The highest BCUT2D eigenvalue weighted by atomic mass is 16.2. The highest BCUT2D eigenvalue weighted by molar-refractivity contribution is 6.05. The lowest BCUT2D eigenvalue weighted by Gasteiger charge is -2.13. The van der Waals surface area contributed by atoms with E-state index >= 15 is 0 Å². The molecule has 2 aromatic heterocycles. The molecule has 3 aromatic rings. The van der Waals surface area contributed by atoms with Crippen molar-refractivity contribution in [3.63, 3.8) is 0 Å². The van der Waals surface area contributed by atoms with Crippen LogP contribution >= 0.6 is 0 Å². The van der Waals surface area contributed by atoms with Gasteiger partial charge in [0.05, 0.1) is 11.1 Å². The summed E-state index contributed by atoms with van der Waals surface area (Å²) in [7, 11) is 0. The van der Waals surface area contributed by atoms with Crippen molar-refractivity contribution in [1.82, 2.24) is 30.4 Å². The number of hydrogen-bond donors (Lipinski definition) is 2. The second-order valence-corrected chi connectivity index (χ2v) is 7.36. The summed E-state index contributed by atoms with van der Waals surface area (Å²) < 4.78 is 2.84. The molecule has 0 aliphatic rings. The molecule has 0 unspecified atom stereocenters. The number of nitrogens with zero attached hydrogens (tertiary/aromatic N) is 4. The van der Waals surface area contributed by atoms with E-state index < -0.39 is 11.8 Å². The zero-order valence-electron chi connectivity index (χ0n) is 16.9. The first-order chi connectivity index (χ1) is 13.8. The summed E-state index contributed by atoms with van der Waals surface area (Å²) in [6.45, 7) is 7.96. The lowest BCUT2D eigenvalue weighted by Crippen LogP contribution is -2.44. The molecule has 3 rings (SSSR count). The summed E-state index contributed by atoms with van der Waals surface area (Å²) in [5.41, 5.74) is 6.24. The van der Waals surface area contributed by atoms with Gasteiger partial charge in [-0.3, -0.25) is 29.9 Å². The maximum Gasteiger partial charge on any atom is 0.290 e. The zero-order chi connectivity index (χ0) is 21.1. The zero-order valence-corrected chi connectivity index (χ0v) is 16.9. The van der Waals surface area contributed by atoms with Crippen molar-refractivity contribution in [3.8, 4) is 0 Å². The minimum Gasteiger partial charge on any atom is -0.271 e. The van der Waals surface area contributed by atoms with E-state index in [9.17, 15) is 14.4 Å². The molecule has 29 heavy (non-hydrogen) atoms. The van der Waals surface area contributed by atoms with Crippen molar-refractivity contribution in [1.29, 1.82) is 0 Å². The molecule has 2 N–H and O–H groups in total. The Morgan fingerprint density at radius 3 is 2.34 bits per heavy atom. The van der Waals surface area contributed by atoms with Crippen LogP contribution in [0.15, 0.2) is 35.1 Å². The van der Waals surface area contributed by atoms with Gasteiger partial charge in [-0.1, -0.05) is 32.0 Å². The number of fused-ring (bicyclic) bond motifs is 1. The fourth-order valence-electron chi connectivity index (χ4n) is 3.07. The maximum atomic E-state index is 12.7. The first-order valence-electron chi connectivity index (χ1n) is 9.36. The number of carbonyl (C=O) groups excluding carboxylic acids is 2. The molecule has 0 atom stereocenters. The molecule has 0 saturated heterocycles. The molecule has 2 amide bonds. The molecule has 1 aromatic carbocycles. The average molecular weight is 396 g/mol. The van der Waals surface area contributed by atoms with Crippen LogP contribution in [0.5, 0.6) is 0 Å². The van der Waals surface area contributed by atoms with Crippen molar-refractivity contribution in [3.05, 3.63) is 57.8 Å². The Labute approximate surface area is 167 Å². The molecule has 0 aliphatic carbocycles. The summed E-state index contributed by atoms with van der Waals surface area (Å²) in [6.07, 6.45) is 0. The van der Waals surface area contributed by atoms with Gasteiger partial charge in [-0.15, -0.1) is 0 Å². The minimum atomic E-state index is -0.597. The first kappa shape index (κ1) is 20.2. The Morgan fingerprint density at radius 2 is 1.72 bits per heavy atom. The number of hydrogen-bond acceptors (Lipinski definition) is 5. The minimum absolute atomic E-state index is 0.0268. The SMILES string of the molecule is Cc1cc(C)n(CC(=O)NNC(=O)c2nn(CC(C)C)c(=O)c3ccccc23)n1. The Morgan fingerprint density at radius 1 is 1.03 bits per heavy atom. The molecule has 0 radical (unpaired) electrons. The molecular weight excluding hydrogens is 372 g/mol. The molecule has 0 bridgehead atoms. The standard InChI is InChI=1S/C20H24N6O3/c1-12(2)10-26-20(29)16-8-6-5-7-15(16)18(24-26)19(28)22-21-17(27)11-25-14(4)9-13(3)23-25/h5-9,12H,10-11H2,1-4H3,(H,21,27)(H,22,28). The third kappa shape index (κ3) is 4.50. The third-order valence-electron chi connectivity index (χ3n) is 4.33. The van der Waals surface area contributed by atoms with Gasteiger partial charge in [-0.25, -0.2) is 4.68 Å². The third-order valence-corrected chi connectivity index (χ3v) is 4.33. The molecule has 2 heterocycles. The lowest BCUT2D eigenvalue weighted by atomic mass is 10.1. The largest absolute Gasteiger partial charge is 0.290 e. The number of benzene rings is 1. The van der Waals surface area contributed by atoms with Crippen LogP contribution in [0, 0.1) is 19.8 Å². The number of carbonyl (C=O) groups is 2. The Bertz CT molecular complexity index is 1130. The van der Waals surface area contributed by atoms with Gasteiger partial charge in [-0.2, -0.15) is 10.2 Å². The van der Waals surface area contributed by atoms with Gasteiger partial charge in [0.1, 0.15) is 6.54 Å². The average Bonchev–Trinajstić information content (AvgIpc) is 2.98. The summed E-state index contributed by atoms with van der Waals surface area (Å²) in [5.74, 6) is -0.845. The van der Waals surface area contributed by atoms with Gasteiger partial charge in [0.25, 0.3) is 17.4 Å². The van der Waals surface area contributed by atoms with E-state index in [0.717, 1.165) is 11.4 Å². The van der Waals surface area contributed by atoms with Crippen LogP contribution in [0.2, 0.25) is 0 Å². The Hall–Kier alpha value is -3.49. The second kappa shape index (κ2) is 8.26. The number of nitrogens with one attached hydrogen (secondary N) is 2. The van der Waals surface area contributed by atoms with E-state index in [2.05, 4.69) is 21.0 Å². The van der Waals surface area contributed by atoms with E-state index in [-0.39, 0.29) is 23.7 Å². The summed E-state index contributed by atoms with van der Waals surface area (Å²) in [4.78, 5) is 37.5. The number of aromatic nitrogens is 4. The molecule has 0 fully saturated rings. The predicted octanol–water partition coefficient (Wildman–Crippen LogP) is 1.33. The van der Waals surface area contributed by atoms with E-state index in [0.29, 0.717) is 17.3 Å². The first-order valence-corrected chi connectivity index (χ1v) is 9.36. The predicted molar refractivity (Wildman–Crippen MR) is 108 cm³/mol. The lowest BCUT2D eigenvalue weighted by molar-refractivity contribution is -0.122. The van der Waals surface area contributed by atoms with Crippen LogP contribution in [-0.2, 0) is 17.9 Å². The van der Waals surface area contributed by atoms with Gasteiger partial charge in [0.15, 0.2) is 5.69 Å². The van der Waals surface area contributed by atoms with Crippen LogP contribution in [0.4, 0.5) is 0 Å². The summed E-state index contributed by atoms with van der Waals surface area (Å²) in [6, 6.07) is 8.65. The van der Waals surface area contributed by atoms with Gasteiger partial charge >= 0.3 is 0 Å². The van der Waals surface area contributed by atoms with Crippen molar-refractivity contribution in [2.45, 2.75) is 40.8 Å². The maximum absolute atomic E-state index is 12.7. The molecule has 0 spiro atoms. The van der Waals surface area contributed by atoms with Crippen LogP contribution in [0.1, 0.15) is 35.7 Å². The number of rotatable bonds is 5. The van der Waals surface area contributed by atoms with Crippen LogP contribution in [-0.4, -0.2) is 31.4 Å². The molecule has 152 valence electrons. The molecule has 0 saturated carbocycles. The summed E-state index contributed by atoms with van der Waals surface area (Å²) >= 11 is 0. The number of amides is 2. The summed E-state index contributed by atoms with van der Waals surface area (Å²) in [5, 5.41) is 9.30. The second-order valence-electron chi connectivity index (χ2n) is 7.36. The Balaban J connectivity index is 1.81. The monoisotopic (exact) mass is 396 g/mol. The topological polar surface area (TPSA) is 111 Å². The fraction of sp³-hybridized carbons (Fsp3) is 0.350. The highest BCUT2D eigenvalue weighted by Crippen LogP contribution is 2.13. The van der Waals surface area contributed by atoms with Crippen molar-refractivity contribution in [2.75, 3.05) is 0 Å². The quantitative estimate of drug-likeness (QED) is 0.632. The molecule has 0 aliphatic heterocycles. The van der Waals surface area contributed by atoms with E-state index in [1.807, 2.05) is 33.8 Å². The highest BCUT2D eigenvalue weighted by Gasteiger charge is 2.18. The Kier molecular flexibility index (Phi) is 5.76. The van der Waals surface area contributed by atoms with Crippen LogP contribution in [0.25, 0.3) is 10.8 Å². The fourth-order valence-corrected chi connectivity index (χ4v) is 3.07. The number of aryl methyl sites for hydroxylation is 2. The van der Waals surface area contributed by atoms with E-state index in [1.165, 1.54) is 4.68 Å². The van der Waals surface area contributed by atoms with E-state index in [4.69, 9.17) is 0 Å². The molecule has 9 heteroatoms. The van der Waals surface area contributed by atoms with Gasteiger partial charge in [-0.05, 0) is 31.9 Å². The molecule has 9 nitrogen and oxygen atoms in total.